The molecule has 5 rings (SSSR count). The maximum atomic E-state index is 13.6. The van der Waals surface area contributed by atoms with E-state index in [-0.39, 0.29) is 12.5 Å². The molecule has 5 aliphatic rings. The van der Waals surface area contributed by atoms with E-state index in [9.17, 15) is 50.4 Å². The Morgan fingerprint density at radius 1 is 0.631 bits per heavy atom. The van der Waals surface area contributed by atoms with E-state index < -0.39 is 147 Å². The van der Waals surface area contributed by atoms with E-state index >= 15 is 0 Å². The third-order valence-electron chi connectivity index (χ3n) is 13.4. The summed E-state index contributed by atoms with van der Waals surface area (Å²) < 4.78 is 61.7. The molecule has 0 spiro atoms. The molecule has 0 saturated carbocycles. The van der Waals surface area contributed by atoms with E-state index in [2.05, 4.69) is 6.92 Å². The zero-order chi connectivity index (χ0) is 47.5. The smallest absolute Gasteiger partial charge is 0.309 e. The van der Waals surface area contributed by atoms with Crippen molar-refractivity contribution >= 4 is 11.9 Å². The summed E-state index contributed by atoms with van der Waals surface area (Å²) in [7, 11) is 0. The molecule has 22 atom stereocenters. The summed E-state index contributed by atoms with van der Waals surface area (Å²) in [5.41, 5.74) is 0. The molecule has 5 aliphatic heterocycles. The van der Waals surface area contributed by atoms with Gasteiger partial charge >= 0.3 is 11.9 Å². The van der Waals surface area contributed by atoms with Gasteiger partial charge in [-0.15, -0.1) is 0 Å². The molecular weight excluding hydrogens is 860 g/mol. The lowest BCUT2D eigenvalue weighted by Crippen LogP contribution is -2.68. The average Bonchev–Trinajstić information content (AvgIpc) is 3.28. The third-order valence-corrected chi connectivity index (χ3v) is 13.4. The Morgan fingerprint density at radius 2 is 1.26 bits per heavy atom. The zero-order valence-corrected chi connectivity index (χ0v) is 38.8. The van der Waals surface area contributed by atoms with Crippen LogP contribution >= 0.6 is 0 Å². The Morgan fingerprint density at radius 3 is 1.94 bits per heavy atom. The second-order valence-corrected chi connectivity index (χ2v) is 18.5. The summed E-state index contributed by atoms with van der Waals surface area (Å²) in [6.07, 6.45) is -20.1. The van der Waals surface area contributed by atoms with Crippen molar-refractivity contribution < 1.29 is 97.8 Å². The Balaban J connectivity index is 1.53. The van der Waals surface area contributed by atoms with Gasteiger partial charge in [-0.3, -0.25) is 9.59 Å². The quantitative estimate of drug-likeness (QED) is 0.1000. The Labute approximate surface area is 382 Å². The van der Waals surface area contributed by atoms with Crippen molar-refractivity contribution in [3.63, 3.8) is 0 Å². The topological polar surface area (TPSA) is 288 Å². The molecule has 0 aromatic heterocycles. The summed E-state index contributed by atoms with van der Waals surface area (Å²) in [4.78, 5) is 27.1. The van der Waals surface area contributed by atoms with Crippen LogP contribution in [0.1, 0.15) is 131 Å². The van der Waals surface area contributed by atoms with Crippen molar-refractivity contribution in [1.82, 2.24) is 0 Å². The van der Waals surface area contributed by atoms with Gasteiger partial charge in [0, 0.05) is 6.42 Å². The lowest BCUT2D eigenvalue weighted by Gasteiger charge is -2.50. The van der Waals surface area contributed by atoms with Crippen molar-refractivity contribution in [2.45, 2.75) is 260 Å². The standard InChI is InChI=1S/C45H78O20/c1-7-9-15-18-26-19-16-13-11-10-12-14-17-20-28(47)61-37-31(50)27(21-46)60-45(64-38-33(52)30(49)24(5)57-43(38)59-26)40(37)65-44-39(62-41(55)22(3)8-2)35(54)36(25(6)58-44)63-42-34(53)32(51)29(48)23(4)56-42/h22-27,29-40,42-46,48-54H,7-21H2,1-6H3/t22-,23+,24+,25-,26-,27+,29+,30+,31+,32-,33-,34+,35+,36-,37-,38+,39+,40+,42-,43-,44-,45-/m0/s1. The van der Waals surface area contributed by atoms with Crippen LogP contribution in [0.25, 0.3) is 0 Å². The lowest BCUT2D eigenvalue weighted by atomic mass is 9.95. The van der Waals surface area contributed by atoms with Crippen LogP contribution < -0.4 is 0 Å². The highest BCUT2D eigenvalue weighted by Crippen LogP contribution is 2.37. The zero-order valence-electron chi connectivity index (χ0n) is 38.8. The molecule has 5 saturated heterocycles. The van der Waals surface area contributed by atoms with Crippen LogP contribution in [0.3, 0.4) is 0 Å². The van der Waals surface area contributed by atoms with Crippen molar-refractivity contribution in [1.29, 1.82) is 0 Å². The van der Waals surface area contributed by atoms with E-state index in [1.54, 1.807) is 20.8 Å². The summed E-state index contributed by atoms with van der Waals surface area (Å²) in [5, 5.41) is 88.5. The average molecular weight is 939 g/mol. The molecular formula is C45H78O20. The molecule has 0 aromatic rings. The highest BCUT2D eigenvalue weighted by Gasteiger charge is 2.57. The molecule has 0 aliphatic carbocycles. The molecule has 5 fully saturated rings. The second kappa shape index (κ2) is 25.8. The molecule has 20 heteroatoms. The molecule has 8 N–H and O–H groups in total. The number of ether oxygens (including phenoxy) is 10. The van der Waals surface area contributed by atoms with Gasteiger partial charge in [0.15, 0.2) is 43.5 Å². The molecule has 378 valence electrons. The van der Waals surface area contributed by atoms with Gasteiger partial charge in [-0.25, -0.2) is 0 Å². The number of aliphatic hydroxyl groups excluding tert-OH is 8. The number of fused-ring (bicyclic) bond motifs is 3. The first-order chi connectivity index (χ1) is 31.0. The number of carbonyl (C=O) groups excluding carboxylic acids is 2. The maximum absolute atomic E-state index is 13.6. The predicted molar refractivity (Wildman–Crippen MR) is 225 cm³/mol. The summed E-state index contributed by atoms with van der Waals surface area (Å²) in [5.74, 6) is -2.15. The minimum atomic E-state index is -1.79. The van der Waals surface area contributed by atoms with Crippen molar-refractivity contribution in [3.8, 4) is 0 Å². The minimum absolute atomic E-state index is 0.0238. The highest BCUT2D eigenvalue weighted by atomic mass is 16.8. The van der Waals surface area contributed by atoms with E-state index in [4.69, 9.17) is 47.4 Å². The Hall–Kier alpha value is -1.70. The van der Waals surface area contributed by atoms with Gasteiger partial charge in [-0.2, -0.15) is 0 Å². The number of unbranched alkanes of at least 4 members (excludes halogenated alkanes) is 2. The fraction of sp³-hybridized carbons (Fsp3) is 0.956. The van der Waals surface area contributed by atoms with Crippen LogP contribution in [-0.4, -0.2) is 188 Å². The largest absolute Gasteiger partial charge is 0.456 e. The number of esters is 2. The molecule has 0 unspecified atom stereocenters. The monoisotopic (exact) mass is 939 g/mol. The number of hydrogen-bond donors (Lipinski definition) is 8. The lowest BCUT2D eigenvalue weighted by molar-refractivity contribution is -0.399. The van der Waals surface area contributed by atoms with Crippen LogP contribution in [0, 0.1) is 5.92 Å². The molecule has 2 bridgehead atoms. The molecule has 65 heavy (non-hydrogen) atoms. The third kappa shape index (κ3) is 14.0. The van der Waals surface area contributed by atoms with Gasteiger partial charge in [0.25, 0.3) is 0 Å². The molecule has 20 nitrogen and oxygen atoms in total. The molecule has 0 amide bonds. The summed E-state index contributed by atoms with van der Waals surface area (Å²) in [6.45, 7) is 9.20. The fourth-order valence-corrected chi connectivity index (χ4v) is 8.94. The molecule has 5 heterocycles. The number of rotatable bonds is 12. The van der Waals surface area contributed by atoms with Gasteiger partial charge in [-0.1, -0.05) is 78.6 Å². The first-order valence-electron chi connectivity index (χ1n) is 24.0. The molecule has 0 aromatic carbocycles. The van der Waals surface area contributed by atoms with Crippen molar-refractivity contribution in [3.05, 3.63) is 0 Å². The number of hydrogen-bond acceptors (Lipinski definition) is 20. The van der Waals surface area contributed by atoms with Crippen LogP contribution in [0.5, 0.6) is 0 Å². The van der Waals surface area contributed by atoms with Crippen LogP contribution in [0.2, 0.25) is 0 Å². The summed E-state index contributed by atoms with van der Waals surface area (Å²) >= 11 is 0. The van der Waals surface area contributed by atoms with Crippen LogP contribution in [-0.2, 0) is 57.0 Å². The first kappa shape index (κ1) is 54.2. The normalized spacial score (nSPS) is 44.6. The molecule has 0 radical (unpaired) electrons. The Kier molecular flexibility index (Phi) is 21.5. The first-order valence-corrected chi connectivity index (χ1v) is 24.0. The van der Waals surface area contributed by atoms with E-state index in [1.165, 1.54) is 13.8 Å². The summed E-state index contributed by atoms with van der Waals surface area (Å²) in [6, 6.07) is 0. The van der Waals surface area contributed by atoms with E-state index in [0.29, 0.717) is 25.7 Å². The second-order valence-electron chi connectivity index (χ2n) is 18.5. The highest BCUT2D eigenvalue weighted by molar-refractivity contribution is 5.72. The SMILES string of the molecule is CCCCC[C@H]1CCCCCCCCCC(=O)O[C@H]2[C@H](O)[C@@H](CO)O[C@@H](O[C@H]3[C@H](O1)O[C@H](C)[C@@H](O)[C@@H]3O)[C@@H]2O[C@@H]1O[C@@H](C)[C@H](O[C@@H]2O[C@H](C)[C@@H](O)[C@H](O)[C@H]2O)[C@@H](O)[C@H]1OC(=O)[C@@H](C)CC. The van der Waals surface area contributed by atoms with Crippen LogP contribution in [0.15, 0.2) is 0 Å². The van der Waals surface area contributed by atoms with E-state index in [0.717, 1.165) is 57.8 Å². The van der Waals surface area contributed by atoms with Gasteiger partial charge in [0.05, 0.1) is 36.9 Å². The minimum Gasteiger partial charge on any atom is -0.456 e. The van der Waals surface area contributed by atoms with Crippen LogP contribution in [0.4, 0.5) is 0 Å². The fourth-order valence-electron chi connectivity index (χ4n) is 8.94. The van der Waals surface area contributed by atoms with Crippen molar-refractivity contribution in [2.75, 3.05) is 6.61 Å². The van der Waals surface area contributed by atoms with Crippen molar-refractivity contribution in [2.24, 2.45) is 5.92 Å². The Bertz CT molecular complexity index is 1430. The predicted octanol–water partition coefficient (Wildman–Crippen LogP) is 0.980. The number of carbonyl (C=O) groups is 2. The number of aliphatic hydroxyl groups is 8. The van der Waals surface area contributed by atoms with Gasteiger partial charge in [0.2, 0.25) is 0 Å². The maximum Gasteiger partial charge on any atom is 0.309 e. The van der Waals surface area contributed by atoms with Gasteiger partial charge < -0.3 is 88.2 Å². The van der Waals surface area contributed by atoms with E-state index in [1.807, 2.05) is 0 Å². The van der Waals surface area contributed by atoms with Gasteiger partial charge in [0.1, 0.15) is 61.0 Å². The van der Waals surface area contributed by atoms with Gasteiger partial charge in [-0.05, 0) is 46.5 Å².